The highest BCUT2D eigenvalue weighted by molar-refractivity contribution is 6.33. The summed E-state index contributed by atoms with van der Waals surface area (Å²) in [5, 5.41) is 0.875. The lowest BCUT2D eigenvalue weighted by atomic mass is 10.1. The van der Waals surface area contributed by atoms with Gasteiger partial charge in [-0.3, -0.25) is 13.9 Å². The van der Waals surface area contributed by atoms with Crippen molar-refractivity contribution >= 4 is 22.6 Å². The van der Waals surface area contributed by atoms with Crippen LogP contribution in [-0.2, 0) is 13.1 Å². The first-order chi connectivity index (χ1) is 16.3. The summed E-state index contributed by atoms with van der Waals surface area (Å²) in [7, 11) is 0. The lowest BCUT2D eigenvalue weighted by molar-refractivity contribution is 0.483. The van der Waals surface area contributed by atoms with E-state index < -0.39 is 11.2 Å². The number of aryl methyl sites for hydroxylation is 3. The third-order valence-electron chi connectivity index (χ3n) is 5.70. The molecular formula is C25H21ClN4O4. The predicted molar refractivity (Wildman–Crippen MR) is 128 cm³/mol. The molecule has 0 atom stereocenters. The Hall–Kier alpha value is -3.91. The Morgan fingerprint density at radius 2 is 1.76 bits per heavy atom. The zero-order valence-electron chi connectivity index (χ0n) is 18.8. The van der Waals surface area contributed by atoms with Gasteiger partial charge in [0.2, 0.25) is 5.89 Å². The normalized spacial score (nSPS) is 11.4. The Balaban J connectivity index is 1.68. The molecule has 172 valence electrons. The number of fused-ring (bicyclic) bond motifs is 1. The fourth-order valence-electron chi connectivity index (χ4n) is 4.05. The maximum Gasteiger partial charge on any atom is 0.333 e. The fraction of sp³-hybridized carbons (Fsp3) is 0.200. The van der Waals surface area contributed by atoms with Crippen molar-refractivity contribution < 1.29 is 8.83 Å². The number of benzene rings is 1. The highest BCUT2D eigenvalue weighted by Crippen LogP contribution is 2.28. The molecule has 0 aliphatic rings. The summed E-state index contributed by atoms with van der Waals surface area (Å²) in [5.41, 5.74) is 1.95. The molecule has 0 aliphatic heterocycles. The Morgan fingerprint density at radius 3 is 2.50 bits per heavy atom. The van der Waals surface area contributed by atoms with Gasteiger partial charge in [0.1, 0.15) is 17.2 Å². The van der Waals surface area contributed by atoms with Crippen LogP contribution in [0.4, 0.5) is 0 Å². The van der Waals surface area contributed by atoms with Crippen LogP contribution in [-0.4, -0.2) is 19.1 Å². The number of aromatic nitrogens is 4. The van der Waals surface area contributed by atoms with Crippen molar-refractivity contribution in [3.63, 3.8) is 0 Å². The van der Waals surface area contributed by atoms with Crippen molar-refractivity contribution in [1.29, 1.82) is 0 Å². The number of hydrogen-bond acceptors (Lipinski definition) is 6. The van der Waals surface area contributed by atoms with Crippen molar-refractivity contribution in [2.24, 2.45) is 0 Å². The van der Waals surface area contributed by atoms with Gasteiger partial charge < -0.3 is 8.83 Å². The van der Waals surface area contributed by atoms with E-state index in [1.807, 2.05) is 32.0 Å². The summed E-state index contributed by atoms with van der Waals surface area (Å²) in [6.07, 6.45) is 1.54. The number of halogens is 1. The smallest absolute Gasteiger partial charge is 0.333 e. The average Bonchev–Trinajstić information content (AvgIpc) is 3.43. The zero-order chi connectivity index (χ0) is 24.0. The van der Waals surface area contributed by atoms with Gasteiger partial charge in [0.15, 0.2) is 5.65 Å². The maximum atomic E-state index is 13.6. The van der Waals surface area contributed by atoms with E-state index in [9.17, 15) is 9.59 Å². The van der Waals surface area contributed by atoms with E-state index >= 15 is 0 Å². The van der Waals surface area contributed by atoms with E-state index in [0.717, 1.165) is 10.1 Å². The highest BCUT2D eigenvalue weighted by Gasteiger charge is 2.21. The fourth-order valence-corrected chi connectivity index (χ4v) is 4.27. The highest BCUT2D eigenvalue weighted by atomic mass is 35.5. The number of pyridine rings is 1. The Bertz CT molecular complexity index is 1640. The molecule has 0 unspecified atom stereocenters. The van der Waals surface area contributed by atoms with Crippen LogP contribution in [0.2, 0.25) is 5.02 Å². The lowest BCUT2D eigenvalue weighted by Crippen LogP contribution is -2.41. The quantitative estimate of drug-likeness (QED) is 0.371. The summed E-state index contributed by atoms with van der Waals surface area (Å²) in [6.45, 7) is 5.49. The van der Waals surface area contributed by atoms with Gasteiger partial charge >= 0.3 is 5.69 Å². The average molecular weight is 477 g/mol. The molecule has 0 fully saturated rings. The standard InChI is InChI=1S/C25H21ClN4O4/c1-14-11-15(2)27-22-21(14)24(31)30(25(32)29(22)12-17-7-6-10-33-17)13-20-16(3)34-23(28-20)18-8-4-5-9-19(18)26/h4-11H,12-13H2,1-3H3. The van der Waals surface area contributed by atoms with Gasteiger partial charge in [-0.05, 0) is 56.7 Å². The second kappa shape index (κ2) is 8.46. The van der Waals surface area contributed by atoms with Crippen LogP contribution >= 0.6 is 11.6 Å². The van der Waals surface area contributed by atoms with E-state index in [0.29, 0.717) is 50.4 Å². The van der Waals surface area contributed by atoms with Crippen LogP contribution in [0.25, 0.3) is 22.5 Å². The molecule has 0 saturated carbocycles. The van der Waals surface area contributed by atoms with Gasteiger partial charge in [-0.25, -0.2) is 14.8 Å². The first-order valence-electron chi connectivity index (χ1n) is 10.7. The molecule has 4 aromatic heterocycles. The number of oxazole rings is 1. The maximum absolute atomic E-state index is 13.6. The molecule has 5 rings (SSSR count). The molecule has 0 saturated heterocycles. The summed E-state index contributed by atoms with van der Waals surface area (Å²) in [4.78, 5) is 36.1. The second-order valence-electron chi connectivity index (χ2n) is 8.12. The molecule has 34 heavy (non-hydrogen) atoms. The summed E-state index contributed by atoms with van der Waals surface area (Å²) < 4.78 is 13.9. The van der Waals surface area contributed by atoms with Crippen LogP contribution in [0, 0.1) is 20.8 Å². The largest absolute Gasteiger partial charge is 0.467 e. The monoisotopic (exact) mass is 476 g/mol. The van der Waals surface area contributed by atoms with Gasteiger partial charge in [-0.2, -0.15) is 0 Å². The molecular weight excluding hydrogens is 456 g/mol. The zero-order valence-corrected chi connectivity index (χ0v) is 19.6. The molecule has 0 amide bonds. The topological polar surface area (TPSA) is 96.1 Å². The third kappa shape index (κ3) is 3.76. The van der Waals surface area contributed by atoms with E-state index in [4.69, 9.17) is 20.4 Å². The van der Waals surface area contributed by atoms with Crippen LogP contribution in [0.15, 0.2) is 67.2 Å². The SMILES string of the molecule is Cc1cc(C)c2c(=O)n(Cc3nc(-c4ccccc4Cl)oc3C)c(=O)n(Cc3ccco3)c2n1. The predicted octanol–water partition coefficient (Wildman–Crippen LogP) is 4.48. The van der Waals surface area contributed by atoms with Crippen molar-refractivity contribution in [3.05, 3.63) is 103 Å². The van der Waals surface area contributed by atoms with Gasteiger partial charge in [-0.15, -0.1) is 0 Å². The van der Waals surface area contributed by atoms with E-state index in [-0.39, 0.29) is 13.1 Å². The molecule has 8 nitrogen and oxygen atoms in total. The molecule has 0 radical (unpaired) electrons. The summed E-state index contributed by atoms with van der Waals surface area (Å²) in [6, 6.07) is 12.5. The number of furan rings is 1. The Labute approximate surface area is 199 Å². The molecule has 4 heterocycles. The van der Waals surface area contributed by atoms with Gasteiger partial charge in [0.05, 0.1) is 35.3 Å². The van der Waals surface area contributed by atoms with Crippen LogP contribution in [0.5, 0.6) is 0 Å². The minimum absolute atomic E-state index is 0.0567. The molecule has 0 aliphatic carbocycles. The number of nitrogens with zero attached hydrogens (tertiary/aromatic N) is 4. The van der Waals surface area contributed by atoms with Crippen molar-refractivity contribution in [3.8, 4) is 11.5 Å². The molecule has 0 spiro atoms. The third-order valence-corrected chi connectivity index (χ3v) is 6.03. The van der Waals surface area contributed by atoms with Gasteiger partial charge in [0.25, 0.3) is 5.56 Å². The van der Waals surface area contributed by atoms with E-state index in [1.165, 1.54) is 10.8 Å². The van der Waals surface area contributed by atoms with Gasteiger partial charge in [-0.1, -0.05) is 23.7 Å². The molecule has 0 N–H and O–H groups in total. The van der Waals surface area contributed by atoms with E-state index in [2.05, 4.69) is 9.97 Å². The van der Waals surface area contributed by atoms with Crippen molar-refractivity contribution in [1.82, 2.24) is 19.1 Å². The number of rotatable bonds is 5. The second-order valence-corrected chi connectivity index (χ2v) is 8.53. The van der Waals surface area contributed by atoms with Crippen molar-refractivity contribution in [2.75, 3.05) is 0 Å². The van der Waals surface area contributed by atoms with Crippen LogP contribution in [0.3, 0.4) is 0 Å². The van der Waals surface area contributed by atoms with Crippen LogP contribution < -0.4 is 11.2 Å². The Kier molecular flexibility index (Phi) is 5.45. The summed E-state index contributed by atoms with van der Waals surface area (Å²) in [5.74, 6) is 1.40. The first kappa shape index (κ1) is 21.9. The summed E-state index contributed by atoms with van der Waals surface area (Å²) >= 11 is 6.29. The van der Waals surface area contributed by atoms with Gasteiger partial charge in [0, 0.05) is 5.69 Å². The molecule has 0 bridgehead atoms. The first-order valence-corrected chi connectivity index (χ1v) is 11.1. The minimum atomic E-state index is -0.506. The van der Waals surface area contributed by atoms with Crippen LogP contribution in [0.1, 0.15) is 28.5 Å². The lowest BCUT2D eigenvalue weighted by Gasteiger charge is -2.14. The molecule has 9 heteroatoms. The minimum Gasteiger partial charge on any atom is -0.467 e. The Morgan fingerprint density at radius 1 is 0.971 bits per heavy atom. The van der Waals surface area contributed by atoms with E-state index in [1.54, 1.807) is 31.2 Å². The van der Waals surface area contributed by atoms with Crippen molar-refractivity contribution in [2.45, 2.75) is 33.9 Å². The molecule has 5 aromatic rings. The molecule has 1 aromatic carbocycles. The number of hydrogen-bond donors (Lipinski definition) is 0.